The maximum absolute atomic E-state index is 12.2. The van der Waals surface area contributed by atoms with Crippen molar-refractivity contribution in [2.45, 2.75) is 160 Å². The first-order valence-electron chi connectivity index (χ1n) is 15.1. The second kappa shape index (κ2) is 27.7. The van der Waals surface area contributed by atoms with Crippen LogP contribution in [0.15, 0.2) is 12.2 Å². The molecule has 5 nitrogen and oxygen atoms in total. The van der Waals surface area contributed by atoms with E-state index in [0.29, 0.717) is 6.42 Å². The van der Waals surface area contributed by atoms with Crippen LogP contribution in [0.5, 0.6) is 0 Å². The number of hydrogen-bond acceptors (Lipinski definition) is 4. The molecule has 0 saturated heterocycles. The largest absolute Gasteiger partial charge is 0.394 e. The summed E-state index contributed by atoms with van der Waals surface area (Å²) < 4.78 is 0. The van der Waals surface area contributed by atoms with Gasteiger partial charge in [0.1, 0.15) is 0 Å². The summed E-state index contributed by atoms with van der Waals surface area (Å²) in [5, 5.41) is 22.7. The van der Waals surface area contributed by atoms with Gasteiger partial charge in [-0.05, 0) is 32.2 Å². The Kier molecular flexibility index (Phi) is 27.0. The molecule has 0 bridgehead atoms. The van der Waals surface area contributed by atoms with E-state index in [1.165, 1.54) is 96.3 Å². The normalized spacial score (nSPS) is 13.4. The van der Waals surface area contributed by atoms with Crippen LogP contribution in [0.2, 0.25) is 0 Å². The second-order valence-electron chi connectivity index (χ2n) is 10.3. The van der Waals surface area contributed by atoms with Crippen LogP contribution in [-0.2, 0) is 4.79 Å². The van der Waals surface area contributed by atoms with Crippen LogP contribution < -0.4 is 11.1 Å². The van der Waals surface area contributed by atoms with Crippen molar-refractivity contribution >= 4 is 5.91 Å². The van der Waals surface area contributed by atoms with E-state index < -0.39 is 12.1 Å². The van der Waals surface area contributed by atoms with E-state index in [-0.39, 0.29) is 12.5 Å². The van der Waals surface area contributed by atoms with Crippen molar-refractivity contribution in [2.75, 3.05) is 13.2 Å². The van der Waals surface area contributed by atoms with E-state index in [4.69, 9.17) is 5.73 Å². The van der Waals surface area contributed by atoms with Gasteiger partial charge in [0.25, 0.3) is 0 Å². The smallest absolute Gasteiger partial charge is 0.220 e. The van der Waals surface area contributed by atoms with Crippen molar-refractivity contribution in [1.82, 2.24) is 5.32 Å². The molecule has 0 rings (SSSR count). The fraction of sp³-hybridized carbons (Fsp3) is 0.900. The summed E-state index contributed by atoms with van der Waals surface area (Å²) in [7, 11) is 0. The molecule has 0 aromatic rings. The standard InChI is InChI=1S/C30H60N2O3/c1-2-3-4-5-6-7-8-9-10-12-15-18-21-24-29(34)28(27-33)32-30(35)25-22-19-16-13-11-14-17-20-23-26-31/h21,24,28-29,33-34H,2-20,22-23,25-27,31H2,1H3,(H,32,35)/b24-21+/t28-,29+/m0/s1. The van der Waals surface area contributed by atoms with Crippen LogP contribution in [0.4, 0.5) is 0 Å². The number of unbranched alkanes of at least 4 members (excludes halogenated alkanes) is 19. The van der Waals surface area contributed by atoms with Crippen molar-refractivity contribution < 1.29 is 15.0 Å². The number of nitrogens with one attached hydrogen (secondary N) is 1. The molecule has 208 valence electrons. The van der Waals surface area contributed by atoms with Gasteiger partial charge in [-0.3, -0.25) is 4.79 Å². The van der Waals surface area contributed by atoms with Crippen molar-refractivity contribution in [2.24, 2.45) is 5.73 Å². The van der Waals surface area contributed by atoms with Gasteiger partial charge in [-0.1, -0.05) is 128 Å². The fourth-order valence-electron chi connectivity index (χ4n) is 4.48. The molecule has 0 aliphatic carbocycles. The minimum atomic E-state index is -0.837. The maximum atomic E-state index is 12.2. The number of carbonyl (C=O) groups is 1. The van der Waals surface area contributed by atoms with Gasteiger partial charge in [0.15, 0.2) is 0 Å². The van der Waals surface area contributed by atoms with E-state index >= 15 is 0 Å². The molecule has 5 N–H and O–H groups in total. The minimum absolute atomic E-state index is 0.0800. The van der Waals surface area contributed by atoms with Crippen molar-refractivity contribution in [3.63, 3.8) is 0 Å². The average Bonchev–Trinajstić information content (AvgIpc) is 2.86. The Hall–Kier alpha value is -0.910. The van der Waals surface area contributed by atoms with Crippen LogP contribution in [0.3, 0.4) is 0 Å². The Labute approximate surface area is 217 Å². The van der Waals surface area contributed by atoms with Crippen molar-refractivity contribution in [1.29, 1.82) is 0 Å². The van der Waals surface area contributed by atoms with E-state index in [1.807, 2.05) is 6.08 Å². The topological polar surface area (TPSA) is 95.6 Å². The first-order valence-corrected chi connectivity index (χ1v) is 15.1. The Morgan fingerprint density at radius 3 is 1.69 bits per heavy atom. The zero-order valence-corrected chi connectivity index (χ0v) is 23.2. The zero-order chi connectivity index (χ0) is 25.8. The molecule has 35 heavy (non-hydrogen) atoms. The van der Waals surface area contributed by atoms with Crippen LogP contribution >= 0.6 is 0 Å². The van der Waals surface area contributed by atoms with E-state index in [2.05, 4.69) is 12.2 Å². The molecule has 0 aliphatic heterocycles. The van der Waals surface area contributed by atoms with Gasteiger partial charge in [0, 0.05) is 6.42 Å². The first kappa shape index (κ1) is 34.1. The number of carbonyl (C=O) groups excluding carboxylic acids is 1. The Balaban J connectivity index is 3.67. The summed E-state index contributed by atoms with van der Waals surface area (Å²) in [6, 6.07) is -0.621. The number of aliphatic hydroxyl groups excluding tert-OH is 2. The van der Waals surface area contributed by atoms with Crippen LogP contribution in [0.1, 0.15) is 148 Å². The van der Waals surface area contributed by atoms with Crippen molar-refractivity contribution in [3.8, 4) is 0 Å². The molecular weight excluding hydrogens is 436 g/mol. The van der Waals surface area contributed by atoms with E-state index in [0.717, 1.165) is 45.1 Å². The lowest BCUT2D eigenvalue weighted by Crippen LogP contribution is -2.45. The Morgan fingerprint density at radius 1 is 0.743 bits per heavy atom. The summed E-state index contributed by atoms with van der Waals surface area (Å²) in [5.41, 5.74) is 5.51. The van der Waals surface area contributed by atoms with E-state index in [1.54, 1.807) is 6.08 Å². The maximum Gasteiger partial charge on any atom is 0.220 e. The number of amides is 1. The van der Waals surface area contributed by atoms with Crippen molar-refractivity contribution in [3.05, 3.63) is 12.2 Å². The number of allylic oxidation sites excluding steroid dienone is 1. The molecule has 0 aromatic heterocycles. The Bertz CT molecular complexity index is 471. The predicted octanol–water partition coefficient (Wildman–Crippen LogP) is 6.94. The number of nitrogens with two attached hydrogens (primary N) is 1. The molecule has 5 heteroatoms. The predicted molar refractivity (Wildman–Crippen MR) is 150 cm³/mol. The summed E-state index contributed by atoms with van der Waals surface area (Å²) in [6.45, 7) is 2.81. The molecule has 0 heterocycles. The minimum Gasteiger partial charge on any atom is -0.394 e. The lowest BCUT2D eigenvalue weighted by Gasteiger charge is -2.20. The summed E-state index contributed by atoms with van der Waals surface area (Å²) in [4.78, 5) is 12.2. The summed E-state index contributed by atoms with van der Waals surface area (Å²) in [5.74, 6) is -0.0800. The zero-order valence-electron chi connectivity index (χ0n) is 23.2. The van der Waals surface area contributed by atoms with Gasteiger partial charge < -0.3 is 21.3 Å². The molecule has 0 unspecified atom stereocenters. The molecular formula is C30H60N2O3. The fourth-order valence-corrected chi connectivity index (χ4v) is 4.48. The van der Waals surface area contributed by atoms with Gasteiger partial charge in [0.05, 0.1) is 18.8 Å². The van der Waals surface area contributed by atoms with Gasteiger partial charge in [-0.25, -0.2) is 0 Å². The van der Waals surface area contributed by atoms with Crippen LogP contribution in [0, 0.1) is 0 Å². The van der Waals surface area contributed by atoms with Crippen LogP contribution in [-0.4, -0.2) is 41.4 Å². The third-order valence-corrected chi connectivity index (χ3v) is 6.87. The number of hydrogen-bond donors (Lipinski definition) is 4. The highest BCUT2D eigenvalue weighted by Crippen LogP contribution is 2.13. The monoisotopic (exact) mass is 496 g/mol. The molecule has 2 atom stereocenters. The van der Waals surface area contributed by atoms with Gasteiger partial charge in [-0.15, -0.1) is 0 Å². The molecule has 1 amide bonds. The first-order chi connectivity index (χ1) is 17.2. The molecule has 0 aromatic carbocycles. The third-order valence-electron chi connectivity index (χ3n) is 6.87. The molecule has 0 spiro atoms. The lowest BCUT2D eigenvalue weighted by atomic mass is 10.0. The van der Waals surface area contributed by atoms with Gasteiger partial charge in [-0.2, -0.15) is 0 Å². The molecule has 0 radical (unpaired) electrons. The van der Waals surface area contributed by atoms with E-state index in [9.17, 15) is 15.0 Å². The number of aliphatic hydroxyl groups is 2. The van der Waals surface area contributed by atoms with Gasteiger partial charge in [0.2, 0.25) is 5.91 Å². The molecule has 0 saturated carbocycles. The summed E-state index contributed by atoms with van der Waals surface area (Å²) in [6.07, 6.45) is 29.4. The Morgan fingerprint density at radius 2 is 1.20 bits per heavy atom. The quantitative estimate of drug-likeness (QED) is 0.0731. The molecule has 0 fully saturated rings. The number of rotatable bonds is 27. The summed E-state index contributed by atoms with van der Waals surface area (Å²) >= 11 is 0. The van der Waals surface area contributed by atoms with Gasteiger partial charge >= 0.3 is 0 Å². The highest BCUT2D eigenvalue weighted by atomic mass is 16.3. The SMILES string of the molecule is CCCCCCCCCCCCC/C=C/[C@@H](O)[C@H](CO)NC(=O)CCCCCCCCCCCN. The molecule has 0 aliphatic rings. The third kappa shape index (κ3) is 24.6. The van der Waals surface area contributed by atoms with Crippen LogP contribution in [0.25, 0.3) is 0 Å². The second-order valence-corrected chi connectivity index (χ2v) is 10.3. The highest BCUT2D eigenvalue weighted by Gasteiger charge is 2.17. The average molecular weight is 497 g/mol. The highest BCUT2D eigenvalue weighted by molar-refractivity contribution is 5.76. The lowest BCUT2D eigenvalue weighted by molar-refractivity contribution is -0.123.